The largest absolute Gasteiger partial charge is 0.481 e. The first-order chi connectivity index (χ1) is 10.5. The molecule has 2 rings (SSSR count). The molecular formula is C15H23N3O3S. The van der Waals surface area contributed by atoms with Gasteiger partial charge >= 0.3 is 5.97 Å². The molecule has 0 unspecified atom stereocenters. The second kappa shape index (κ2) is 7.69. The molecule has 2 N–H and O–H groups in total. The van der Waals surface area contributed by atoms with Crippen molar-refractivity contribution in [1.82, 2.24) is 9.88 Å². The van der Waals surface area contributed by atoms with Gasteiger partial charge in [-0.3, -0.25) is 14.5 Å². The van der Waals surface area contributed by atoms with E-state index in [1.165, 1.54) is 24.2 Å². The number of anilines is 1. The summed E-state index contributed by atoms with van der Waals surface area (Å²) >= 11 is 1.39. The molecule has 1 aliphatic heterocycles. The molecule has 1 fully saturated rings. The van der Waals surface area contributed by atoms with Gasteiger partial charge in [0.05, 0.1) is 12.1 Å². The average Bonchev–Trinajstić information content (AvgIpc) is 2.82. The van der Waals surface area contributed by atoms with Gasteiger partial charge in [-0.25, -0.2) is 4.98 Å². The van der Waals surface area contributed by atoms with Gasteiger partial charge in [0.2, 0.25) is 5.91 Å². The summed E-state index contributed by atoms with van der Waals surface area (Å²) in [6.45, 7) is 6.81. The van der Waals surface area contributed by atoms with E-state index in [1.54, 1.807) is 6.92 Å². The molecule has 1 saturated heterocycles. The van der Waals surface area contributed by atoms with Gasteiger partial charge in [-0.2, -0.15) is 0 Å². The predicted octanol–water partition coefficient (Wildman–Crippen LogP) is 2.35. The smallest absolute Gasteiger partial charge is 0.309 e. The first kappa shape index (κ1) is 16.9. The van der Waals surface area contributed by atoms with Crippen molar-refractivity contribution in [3.63, 3.8) is 0 Å². The first-order valence-corrected chi connectivity index (χ1v) is 8.52. The molecule has 0 atom stereocenters. The van der Waals surface area contributed by atoms with E-state index in [4.69, 9.17) is 5.11 Å². The Morgan fingerprint density at radius 3 is 2.68 bits per heavy atom. The minimum Gasteiger partial charge on any atom is -0.481 e. The standard InChI is InChI=1S/C15H23N3O3S/c1-3-13(19)17-15-16-11(8-14(20)21)12(22-15)9-18-6-4-10(2)5-7-18/h10H,3-9H2,1-2H3,(H,20,21)(H,16,17,19). The lowest BCUT2D eigenvalue weighted by molar-refractivity contribution is -0.136. The highest BCUT2D eigenvalue weighted by atomic mass is 32.1. The summed E-state index contributed by atoms with van der Waals surface area (Å²) in [5.74, 6) is -0.239. The number of aromatic nitrogens is 1. The van der Waals surface area contributed by atoms with Crippen LogP contribution in [0.15, 0.2) is 0 Å². The minimum atomic E-state index is -0.896. The monoisotopic (exact) mass is 325 g/mol. The van der Waals surface area contributed by atoms with Crippen LogP contribution in [0.2, 0.25) is 0 Å². The number of aliphatic carboxylic acids is 1. The number of hydrogen-bond acceptors (Lipinski definition) is 5. The van der Waals surface area contributed by atoms with E-state index >= 15 is 0 Å². The third kappa shape index (κ3) is 4.78. The van der Waals surface area contributed by atoms with Gasteiger partial charge in [0, 0.05) is 17.8 Å². The number of rotatable bonds is 6. The summed E-state index contributed by atoms with van der Waals surface area (Å²) < 4.78 is 0. The van der Waals surface area contributed by atoms with E-state index in [0.717, 1.165) is 30.4 Å². The number of hydrogen-bond donors (Lipinski definition) is 2. The number of amides is 1. The first-order valence-electron chi connectivity index (χ1n) is 7.70. The maximum absolute atomic E-state index is 11.5. The normalized spacial score (nSPS) is 16.6. The molecule has 122 valence electrons. The fourth-order valence-electron chi connectivity index (χ4n) is 2.47. The summed E-state index contributed by atoms with van der Waals surface area (Å²) in [6, 6.07) is 0. The SMILES string of the molecule is CCC(=O)Nc1nc(CC(=O)O)c(CN2CCC(C)CC2)s1. The molecule has 0 saturated carbocycles. The Kier molecular flexibility index (Phi) is 5.90. The Morgan fingerprint density at radius 1 is 1.41 bits per heavy atom. The highest BCUT2D eigenvalue weighted by Gasteiger charge is 2.20. The van der Waals surface area contributed by atoms with Crippen molar-refractivity contribution in [2.45, 2.75) is 46.1 Å². The molecule has 22 heavy (non-hydrogen) atoms. The topological polar surface area (TPSA) is 82.5 Å². The molecule has 0 aliphatic carbocycles. The Balaban J connectivity index is 2.09. The molecule has 7 heteroatoms. The van der Waals surface area contributed by atoms with Crippen LogP contribution in [0.25, 0.3) is 0 Å². The predicted molar refractivity (Wildman–Crippen MR) is 86.0 cm³/mol. The van der Waals surface area contributed by atoms with E-state index < -0.39 is 5.97 Å². The second-order valence-corrected chi connectivity index (χ2v) is 6.90. The second-order valence-electron chi connectivity index (χ2n) is 5.82. The lowest BCUT2D eigenvalue weighted by atomic mass is 9.99. The molecule has 0 aromatic carbocycles. The molecule has 0 spiro atoms. The van der Waals surface area contributed by atoms with Crippen LogP contribution in [0.5, 0.6) is 0 Å². The third-order valence-corrected chi connectivity index (χ3v) is 4.91. The number of nitrogens with one attached hydrogen (secondary N) is 1. The maximum atomic E-state index is 11.5. The van der Waals surface area contributed by atoms with Crippen LogP contribution in [-0.4, -0.2) is 40.0 Å². The lowest BCUT2D eigenvalue weighted by Crippen LogP contribution is -2.32. The number of carboxylic acid groups (broad SMARTS) is 1. The number of nitrogens with zero attached hydrogens (tertiary/aromatic N) is 2. The third-order valence-electron chi connectivity index (χ3n) is 3.91. The van der Waals surface area contributed by atoms with E-state index in [1.807, 2.05) is 0 Å². The molecule has 1 amide bonds. The van der Waals surface area contributed by atoms with Crippen molar-refractivity contribution < 1.29 is 14.7 Å². The van der Waals surface area contributed by atoms with Crippen LogP contribution in [0.3, 0.4) is 0 Å². The van der Waals surface area contributed by atoms with Crippen molar-refractivity contribution in [3.05, 3.63) is 10.6 Å². The van der Waals surface area contributed by atoms with Gasteiger partial charge in [-0.15, -0.1) is 11.3 Å². The van der Waals surface area contributed by atoms with Crippen molar-refractivity contribution in [2.24, 2.45) is 5.92 Å². The number of carboxylic acids is 1. The molecule has 2 heterocycles. The van der Waals surface area contributed by atoms with Crippen LogP contribution >= 0.6 is 11.3 Å². The molecule has 1 aliphatic rings. The highest BCUT2D eigenvalue weighted by Crippen LogP contribution is 2.27. The van der Waals surface area contributed by atoms with Crippen LogP contribution in [-0.2, 0) is 22.6 Å². The zero-order chi connectivity index (χ0) is 16.1. The zero-order valence-corrected chi connectivity index (χ0v) is 13.9. The maximum Gasteiger partial charge on any atom is 0.309 e. The van der Waals surface area contributed by atoms with Gasteiger partial charge < -0.3 is 10.4 Å². The quantitative estimate of drug-likeness (QED) is 0.839. The van der Waals surface area contributed by atoms with Crippen molar-refractivity contribution in [3.8, 4) is 0 Å². The van der Waals surface area contributed by atoms with Crippen molar-refractivity contribution in [2.75, 3.05) is 18.4 Å². The number of likely N-dealkylation sites (tertiary alicyclic amines) is 1. The molecule has 0 bridgehead atoms. The van der Waals surface area contributed by atoms with Crippen molar-refractivity contribution in [1.29, 1.82) is 0 Å². The summed E-state index contributed by atoms with van der Waals surface area (Å²) in [7, 11) is 0. The highest BCUT2D eigenvalue weighted by molar-refractivity contribution is 7.15. The molecule has 1 aromatic heterocycles. The van der Waals surface area contributed by atoms with Gasteiger partial charge in [0.1, 0.15) is 0 Å². The summed E-state index contributed by atoms with van der Waals surface area (Å²) in [5, 5.41) is 12.3. The van der Waals surface area contributed by atoms with E-state index in [0.29, 0.717) is 17.2 Å². The van der Waals surface area contributed by atoms with Gasteiger partial charge in [-0.1, -0.05) is 13.8 Å². The molecule has 1 aromatic rings. The van der Waals surface area contributed by atoms with E-state index in [-0.39, 0.29) is 12.3 Å². The van der Waals surface area contributed by atoms with Gasteiger partial charge in [0.15, 0.2) is 5.13 Å². The van der Waals surface area contributed by atoms with Gasteiger partial charge in [0.25, 0.3) is 0 Å². The summed E-state index contributed by atoms with van der Waals surface area (Å²) in [6.07, 6.45) is 2.63. The Bertz CT molecular complexity index is 536. The zero-order valence-electron chi connectivity index (χ0n) is 13.1. The van der Waals surface area contributed by atoms with Crippen LogP contribution < -0.4 is 5.32 Å². The van der Waals surface area contributed by atoms with E-state index in [2.05, 4.69) is 22.1 Å². The number of carbonyl (C=O) groups excluding carboxylic acids is 1. The van der Waals surface area contributed by atoms with Crippen molar-refractivity contribution >= 4 is 28.3 Å². The minimum absolute atomic E-state index is 0.0991. The number of piperidine rings is 1. The van der Waals surface area contributed by atoms with Crippen LogP contribution in [0.1, 0.15) is 43.7 Å². The summed E-state index contributed by atoms with van der Waals surface area (Å²) in [4.78, 5) is 30.1. The number of carbonyl (C=O) groups is 2. The van der Waals surface area contributed by atoms with Gasteiger partial charge in [-0.05, 0) is 31.8 Å². The Hall–Kier alpha value is -1.47. The van der Waals surface area contributed by atoms with Crippen LogP contribution in [0.4, 0.5) is 5.13 Å². The fourth-order valence-corrected chi connectivity index (χ4v) is 3.51. The lowest BCUT2D eigenvalue weighted by Gasteiger charge is -2.29. The molecule has 6 nitrogen and oxygen atoms in total. The Labute approximate surface area is 134 Å². The summed E-state index contributed by atoms with van der Waals surface area (Å²) in [5.41, 5.74) is 0.572. The Morgan fingerprint density at radius 2 is 2.09 bits per heavy atom. The van der Waals surface area contributed by atoms with Crippen LogP contribution in [0, 0.1) is 5.92 Å². The average molecular weight is 325 g/mol. The molecular weight excluding hydrogens is 302 g/mol. The number of thiazole rings is 1. The fraction of sp³-hybridized carbons (Fsp3) is 0.667. The molecule has 0 radical (unpaired) electrons. The van der Waals surface area contributed by atoms with E-state index in [9.17, 15) is 9.59 Å².